The van der Waals surface area contributed by atoms with Crippen LogP contribution in [-0.4, -0.2) is 54.6 Å². The first-order valence-corrected chi connectivity index (χ1v) is 11.3. The number of aromatic nitrogens is 2. The molecule has 1 saturated carbocycles. The molecule has 1 atom stereocenters. The topological polar surface area (TPSA) is 73.4 Å². The third kappa shape index (κ3) is 4.06. The minimum atomic E-state index is -0.450. The van der Waals surface area contributed by atoms with Gasteiger partial charge in [0, 0.05) is 25.7 Å². The van der Waals surface area contributed by atoms with Gasteiger partial charge in [0.25, 0.3) is 0 Å². The highest BCUT2D eigenvalue weighted by Gasteiger charge is 2.41. The van der Waals surface area contributed by atoms with Gasteiger partial charge in [0.2, 0.25) is 11.9 Å². The van der Waals surface area contributed by atoms with Gasteiger partial charge in [0.05, 0.1) is 11.6 Å². The molecule has 2 N–H and O–H groups in total. The van der Waals surface area contributed by atoms with Crippen molar-refractivity contribution in [3.63, 3.8) is 0 Å². The molecule has 2 aliphatic heterocycles. The summed E-state index contributed by atoms with van der Waals surface area (Å²) in [6.07, 6.45) is 9.04. The predicted octanol–water partition coefficient (Wildman–Crippen LogP) is 3.03. The maximum atomic E-state index is 13.1. The van der Waals surface area contributed by atoms with Crippen molar-refractivity contribution in [2.45, 2.75) is 71.4 Å². The van der Waals surface area contributed by atoms with Gasteiger partial charge in [-0.3, -0.25) is 4.79 Å². The molecular formula is C22H36N6O. The minimum Gasteiger partial charge on any atom is -0.351 e. The van der Waals surface area contributed by atoms with E-state index in [-0.39, 0.29) is 5.91 Å². The maximum absolute atomic E-state index is 13.1. The summed E-state index contributed by atoms with van der Waals surface area (Å²) in [6.45, 7) is 9.20. The number of nitrogens with one attached hydrogen (secondary N) is 2. The number of hydrogen-bond donors (Lipinski definition) is 2. The fourth-order valence-electron chi connectivity index (χ4n) is 5.20. The monoisotopic (exact) mass is 400 g/mol. The highest BCUT2D eigenvalue weighted by molar-refractivity contribution is 6.00. The Kier molecular flexibility index (Phi) is 5.69. The van der Waals surface area contributed by atoms with Crippen LogP contribution in [0.25, 0.3) is 0 Å². The SMILES string of the molecule is CC(Nc1ncc2c(n1)N(C1CCCC1)CC(C)(C)C(=O)N2C)C1CCNCC1. The molecule has 0 bridgehead atoms. The fraction of sp³-hybridized carbons (Fsp3) is 0.773. The van der Waals surface area contributed by atoms with Gasteiger partial charge >= 0.3 is 0 Å². The fourth-order valence-corrected chi connectivity index (χ4v) is 5.20. The lowest BCUT2D eigenvalue weighted by atomic mass is 9.91. The summed E-state index contributed by atoms with van der Waals surface area (Å²) in [4.78, 5) is 26.8. The number of anilines is 3. The summed E-state index contributed by atoms with van der Waals surface area (Å²) in [7, 11) is 1.86. The van der Waals surface area contributed by atoms with E-state index >= 15 is 0 Å². The third-order valence-corrected chi connectivity index (χ3v) is 7.05. The standard InChI is InChI=1S/C22H36N6O/c1-15(16-9-11-23-12-10-16)25-21-24-13-18-19(26-21)28(17-7-5-6-8-17)14-22(2,3)20(29)27(18)4/h13,15-17,23H,5-12,14H2,1-4H3,(H,24,25,26). The van der Waals surface area contributed by atoms with Crippen LogP contribution in [0.15, 0.2) is 6.20 Å². The number of amides is 1. The van der Waals surface area contributed by atoms with Crippen molar-refractivity contribution in [2.24, 2.45) is 11.3 Å². The predicted molar refractivity (Wildman–Crippen MR) is 118 cm³/mol. The number of rotatable bonds is 4. The van der Waals surface area contributed by atoms with E-state index in [4.69, 9.17) is 4.98 Å². The smallest absolute Gasteiger partial charge is 0.234 e. The van der Waals surface area contributed by atoms with Crippen LogP contribution in [0, 0.1) is 11.3 Å². The van der Waals surface area contributed by atoms with E-state index < -0.39 is 5.41 Å². The molecule has 1 aromatic rings. The average Bonchev–Trinajstić information content (AvgIpc) is 3.24. The second-order valence-corrected chi connectivity index (χ2v) is 9.74. The Morgan fingerprint density at radius 2 is 1.90 bits per heavy atom. The van der Waals surface area contributed by atoms with Crippen LogP contribution >= 0.6 is 0 Å². The normalized spacial score (nSPS) is 24.3. The Balaban J connectivity index is 1.64. The lowest BCUT2D eigenvalue weighted by Gasteiger charge is -2.34. The lowest BCUT2D eigenvalue weighted by molar-refractivity contribution is -0.125. The number of fused-ring (bicyclic) bond motifs is 1. The van der Waals surface area contributed by atoms with E-state index in [1.165, 1.54) is 38.5 Å². The number of nitrogens with zero attached hydrogens (tertiary/aromatic N) is 4. The molecule has 0 radical (unpaired) electrons. The van der Waals surface area contributed by atoms with Crippen LogP contribution in [0.2, 0.25) is 0 Å². The van der Waals surface area contributed by atoms with Crippen molar-refractivity contribution < 1.29 is 4.79 Å². The largest absolute Gasteiger partial charge is 0.351 e. The molecule has 1 saturated heterocycles. The quantitative estimate of drug-likeness (QED) is 0.809. The molecule has 2 fully saturated rings. The van der Waals surface area contributed by atoms with Gasteiger partial charge in [-0.25, -0.2) is 4.98 Å². The Bertz CT molecular complexity index is 739. The maximum Gasteiger partial charge on any atom is 0.234 e. The van der Waals surface area contributed by atoms with Gasteiger partial charge in [0.15, 0.2) is 5.82 Å². The molecule has 3 heterocycles. The van der Waals surface area contributed by atoms with Gasteiger partial charge in [-0.1, -0.05) is 12.8 Å². The molecule has 4 rings (SSSR count). The molecule has 1 aliphatic carbocycles. The van der Waals surface area contributed by atoms with Crippen molar-refractivity contribution in [2.75, 3.05) is 41.8 Å². The van der Waals surface area contributed by atoms with Crippen LogP contribution < -0.4 is 20.4 Å². The van der Waals surface area contributed by atoms with Gasteiger partial charge in [-0.15, -0.1) is 0 Å². The number of carbonyl (C=O) groups excluding carboxylic acids is 1. The molecule has 3 aliphatic rings. The molecular weight excluding hydrogens is 364 g/mol. The summed E-state index contributed by atoms with van der Waals surface area (Å²) in [5.74, 6) is 2.35. The first-order chi connectivity index (χ1) is 13.9. The second-order valence-electron chi connectivity index (χ2n) is 9.74. The summed E-state index contributed by atoms with van der Waals surface area (Å²) in [5, 5.41) is 6.99. The lowest BCUT2D eigenvalue weighted by Crippen LogP contribution is -2.45. The van der Waals surface area contributed by atoms with Crippen molar-refractivity contribution >= 4 is 23.4 Å². The Morgan fingerprint density at radius 1 is 1.21 bits per heavy atom. The van der Waals surface area contributed by atoms with Crippen LogP contribution in [-0.2, 0) is 4.79 Å². The van der Waals surface area contributed by atoms with Crippen LogP contribution in [0.3, 0.4) is 0 Å². The van der Waals surface area contributed by atoms with E-state index in [9.17, 15) is 4.79 Å². The zero-order valence-electron chi connectivity index (χ0n) is 18.4. The Labute approximate surface area is 174 Å². The molecule has 1 amide bonds. The molecule has 1 aromatic heterocycles. The summed E-state index contributed by atoms with van der Waals surface area (Å²) >= 11 is 0. The van der Waals surface area contributed by atoms with Crippen molar-refractivity contribution in [3.05, 3.63) is 6.20 Å². The van der Waals surface area contributed by atoms with Crippen LogP contribution in [0.5, 0.6) is 0 Å². The first kappa shape index (κ1) is 20.4. The minimum absolute atomic E-state index is 0.131. The van der Waals surface area contributed by atoms with Gasteiger partial charge in [-0.05, 0) is 65.5 Å². The third-order valence-electron chi connectivity index (χ3n) is 7.05. The molecule has 7 nitrogen and oxygen atoms in total. The molecule has 29 heavy (non-hydrogen) atoms. The van der Waals surface area contributed by atoms with E-state index in [1.807, 2.05) is 27.1 Å². The molecule has 1 unspecified atom stereocenters. The number of piperidine rings is 1. The summed E-state index contributed by atoms with van der Waals surface area (Å²) < 4.78 is 0. The molecule has 0 spiro atoms. The van der Waals surface area contributed by atoms with Crippen molar-refractivity contribution in [1.29, 1.82) is 0 Å². The highest BCUT2D eigenvalue weighted by atomic mass is 16.2. The van der Waals surface area contributed by atoms with Crippen molar-refractivity contribution in [3.8, 4) is 0 Å². The molecule has 7 heteroatoms. The zero-order valence-corrected chi connectivity index (χ0v) is 18.4. The van der Waals surface area contributed by atoms with Crippen molar-refractivity contribution in [1.82, 2.24) is 15.3 Å². The molecule has 160 valence electrons. The summed E-state index contributed by atoms with van der Waals surface area (Å²) in [5.41, 5.74) is 0.376. The van der Waals surface area contributed by atoms with Gasteiger partial charge < -0.3 is 20.4 Å². The zero-order chi connectivity index (χ0) is 20.6. The highest BCUT2D eigenvalue weighted by Crippen LogP contribution is 2.40. The van der Waals surface area contributed by atoms with E-state index in [0.29, 0.717) is 30.5 Å². The Hall–Kier alpha value is -1.89. The van der Waals surface area contributed by atoms with E-state index in [0.717, 1.165) is 24.6 Å². The molecule has 0 aromatic carbocycles. The van der Waals surface area contributed by atoms with E-state index in [2.05, 4.69) is 27.4 Å². The van der Waals surface area contributed by atoms with Crippen LogP contribution in [0.1, 0.15) is 59.3 Å². The summed E-state index contributed by atoms with van der Waals surface area (Å²) in [6, 6.07) is 0.786. The Morgan fingerprint density at radius 3 is 2.59 bits per heavy atom. The van der Waals surface area contributed by atoms with E-state index in [1.54, 1.807) is 4.90 Å². The second kappa shape index (κ2) is 8.09. The number of hydrogen-bond acceptors (Lipinski definition) is 6. The van der Waals surface area contributed by atoms with Crippen LogP contribution in [0.4, 0.5) is 17.5 Å². The number of carbonyl (C=O) groups is 1. The van der Waals surface area contributed by atoms with Gasteiger partial charge in [0.1, 0.15) is 5.69 Å². The average molecular weight is 401 g/mol. The van der Waals surface area contributed by atoms with Gasteiger partial charge in [-0.2, -0.15) is 4.98 Å². The first-order valence-electron chi connectivity index (χ1n) is 11.3.